The van der Waals surface area contributed by atoms with Gasteiger partial charge in [0.1, 0.15) is 0 Å². The van der Waals surface area contributed by atoms with Crippen molar-refractivity contribution in [3.8, 4) is 6.07 Å². The van der Waals surface area contributed by atoms with Crippen LogP contribution in [-0.2, 0) is 10.8 Å². The molecule has 3 unspecified atom stereocenters. The Morgan fingerprint density at radius 3 is 2.73 bits per heavy atom. The van der Waals surface area contributed by atoms with E-state index in [1.165, 1.54) is 22.3 Å². The lowest BCUT2D eigenvalue weighted by Crippen LogP contribution is -2.29. The van der Waals surface area contributed by atoms with E-state index in [9.17, 15) is 9.47 Å². The van der Waals surface area contributed by atoms with Crippen molar-refractivity contribution >= 4 is 16.4 Å². The number of benzene rings is 1. The fourth-order valence-corrected chi connectivity index (χ4v) is 6.91. The van der Waals surface area contributed by atoms with E-state index in [2.05, 4.69) is 45.2 Å². The Hall–Kier alpha value is -2.70. The summed E-state index contributed by atoms with van der Waals surface area (Å²) in [6, 6.07) is 10.3. The van der Waals surface area contributed by atoms with E-state index in [4.69, 9.17) is 0 Å². The van der Waals surface area contributed by atoms with Crippen molar-refractivity contribution < 1.29 is 4.21 Å². The first-order chi connectivity index (χ1) is 14.5. The van der Waals surface area contributed by atoms with Crippen LogP contribution in [0.2, 0.25) is 0 Å². The van der Waals surface area contributed by atoms with Gasteiger partial charge in [-0.1, -0.05) is 66.8 Å². The molecule has 4 rings (SSSR count). The van der Waals surface area contributed by atoms with Gasteiger partial charge in [0.05, 0.1) is 22.1 Å². The van der Waals surface area contributed by atoms with Crippen LogP contribution < -0.4 is 0 Å². The summed E-state index contributed by atoms with van der Waals surface area (Å²) in [7, 11) is -1.08. The van der Waals surface area contributed by atoms with Crippen LogP contribution in [-0.4, -0.2) is 9.46 Å². The molecule has 0 N–H and O–H groups in total. The third-order valence-electron chi connectivity index (χ3n) is 6.90. The molecule has 0 amide bonds. The number of allylic oxidation sites excluding steroid dienone is 9. The predicted molar refractivity (Wildman–Crippen MR) is 125 cm³/mol. The second kappa shape index (κ2) is 8.20. The number of hydrogen-bond donors (Lipinski definition) is 0. The lowest BCUT2D eigenvalue weighted by molar-refractivity contribution is 0.394. The molecule has 3 aliphatic rings. The largest absolute Gasteiger partial charge is 0.254 e. The Morgan fingerprint density at radius 1 is 1.27 bits per heavy atom. The van der Waals surface area contributed by atoms with E-state index in [-0.39, 0.29) is 5.25 Å². The molecule has 30 heavy (non-hydrogen) atoms. The highest BCUT2D eigenvalue weighted by Crippen LogP contribution is 2.49. The van der Waals surface area contributed by atoms with E-state index in [1.54, 1.807) is 6.08 Å². The van der Waals surface area contributed by atoms with Crippen molar-refractivity contribution in [2.45, 2.75) is 43.3 Å². The number of nitriles is 1. The molecule has 0 radical (unpaired) electrons. The van der Waals surface area contributed by atoms with Crippen molar-refractivity contribution in [3.05, 3.63) is 95.2 Å². The maximum Gasteiger partial charge on any atom is 0.0943 e. The van der Waals surface area contributed by atoms with Gasteiger partial charge in [-0.3, -0.25) is 4.21 Å². The van der Waals surface area contributed by atoms with E-state index < -0.39 is 10.8 Å². The Kier molecular flexibility index (Phi) is 5.62. The first-order valence-electron chi connectivity index (χ1n) is 10.5. The quantitative estimate of drug-likeness (QED) is 0.533. The number of hydrogen-bond acceptors (Lipinski definition) is 2. The lowest BCUT2D eigenvalue weighted by Gasteiger charge is -2.39. The molecule has 1 aromatic carbocycles. The van der Waals surface area contributed by atoms with Crippen LogP contribution in [0.4, 0.5) is 0 Å². The second-order valence-corrected chi connectivity index (χ2v) is 9.95. The topological polar surface area (TPSA) is 40.9 Å². The maximum atomic E-state index is 13.3. The van der Waals surface area contributed by atoms with E-state index in [1.807, 2.05) is 30.3 Å². The number of fused-ring (bicyclic) bond motifs is 2. The standard InChI is InChI=1S/C27H27NOS/c1-5-6-9-21-17(2)24-14-20(16-28)12-13-23(24)25(18(21)3)15-27-19(4)22-10-7-8-11-26(22)30(27)29/h5-12,23-24,27H,1,4,13-15H2,2-3H3/b9-6-/t23-,24?,27?,30?/m0/s1. The molecule has 0 spiro atoms. The van der Waals surface area contributed by atoms with Gasteiger partial charge in [-0.2, -0.15) is 5.26 Å². The highest BCUT2D eigenvalue weighted by molar-refractivity contribution is 7.86. The molecule has 0 fully saturated rings. The fourth-order valence-electron chi connectivity index (χ4n) is 5.26. The SMILES string of the molecule is C=C/C=C\C1=C(C)C2CC(C#N)=CC[C@@H]2C(CC2C(=C)c3ccccc3S2=O)=C1C. The van der Waals surface area contributed by atoms with E-state index >= 15 is 0 Å². The summed E-state index contributed by atoms with van der Waals surface area (Å²) in [6.07, 6.45) is 10.4. The molecule has 3 heteroatoms. The lowest BCUT2D eigenvalue weighted by atomic mass is 9.65. The van der Waals surface area contributed by atoms with Crippen LogP contribution in [0.5, 0.6) is 0 Å². The Balaban J connectivity index is 1.76. The summed E-state index contributed by atoms with van der Waals surface area (Å²) in [5.41, 5.74) is 8.13. The molecule has 4 atom stereocenters. The molecule has 2 nitrogen and oxygen atoms in total. The fraction of sp³-hybridized carbons (Fsp3) is 0.296. The number of rotatable bonds is 4. The van der Waals surface area contributed by atoms with Crippen molar-refractivity contribution in [3.63, 3.8) is 0 Å². The zero-order valence-electron chi connectivity index (χ0n) is 17.7. The van der Waals surface area contributed by atoms with Crippen LogP contribution in [0.1, 0.15) is 38.7 Å². The smallest absolute Gasteiger partial charge is 0.0943 e. The third-order valence-corrected chi connectivity index (χ3v) is 8.66. The number of nitrogens with zero attached hydrogens (tertiary/aromatic N) is 1. The zero-order chi connectivity index (χ0) is 21.4. The molecule has 0 aromatic heterocycles. The van der Waals surface area contributed by atoms with Gasteiger partial charge in [0.15, 0.2) is 0 Å². The van der Waals surface area contributed by atoms with Crippen molar-refractivity contribution in [1.82, 2.24) is 0 Å². The minimum Gasteiger partial charge on any atom is -0.254 e. The van der Waals surface area contributed by atoms with Crippen molar-refractivity contribution in [1.29, 1.82) is 5.26 Å². The Bertz CT molecular complexity index is 1090. The highest BCUT2D eigenvalue weighted by atomic mass is 32.2. The van der Waals surface area contributed by atoms with Crippen LogP contribution in [0.3, 0.4) is 0 Å². The van der Waals surface area contributed by atoms with Gasteiger partial charge in [-0.05, 0) is 73.3 Å². The summed E-state index contributed by atoms with van der Waals surface area (Å²) in [5, 5.41) is 9.38. The average molecular weight is 414 g/mol. The minimum absolute atomic E-state index is 0.0858. The third kappa shape index (κ3) is 3.30. The van der Waals surface area contributed by atoms with Crippen LogP contribution in [0, 0.1) is 23.2 Å². The molecule has 1 heterocycles. The minimum atomic E-state index is -1.08. The molecular weight excluding hydrogens is 386 g/mol. The average Bonchev–Trinajstić information content (AvgIpc) is 3.01. The molecular formula is C27H27NOS. The van der Waals surface area contributed by atoms with Gasteiger partial charge in [0, 0.05) is 10.5 Å². The molecule has 0 bridgehead atoms. The summed E-state index contributed by atoms with van der Waals surface area (Å²) in [6.45, 7) is 12.5. The highest BCUT2D eigenvalue weighted by Gasteiger charge is 2.39. The second-order valence-electron chi connectivity index (χ2n) is 8.35. The van der Waals surface area contributed by atoms with Gasteiger partial charge in [0.25, 0.3) is 0 Å². The van der Waals surface area contributed by atoms with Gasteiger partial charge < -0.3 is 0 Å². The molecule has 0 saturated heterocycles. The molecule has 1 aromatic rings. The molecule has 152 valence electrons. The van der Waals surface area contributed by atoms with Crippen LogP contribution in [0.15, 0.2) is 94.5 Å². The van der Waals surface area contributed by atoms with Crippen molar-refractivity contribution in [2.24, 2.45) is 11.8 Å². The van der Waals surface area contributed by atoms with E-state index in [0.29, 0.717) is 11.8 Å². The molecule has 2 aliphatic carbocycles. The molecule has 1 aliphatic heterocycles. The normalized spacial score (nSPS) is 28.3. The van der Waals surface area contributed by atoms with Gasteiger partial charge >= 0.3 is 0 Å². The summed E-state index contributed by atoms with van der Waals surface area (Å²) in [5.74, 6) is 0.676. The van der Waals surface area contributed by atoms with Gasteiger partial charge in [0.2, 0.25) is 0 Å². The first kappa shape index (κ1) is 20.6. The van der Waals surface area contributed by atoms with Gasteiger partial charge in [-0.25, -0.2) is 0 Å². The zero-order valence-corrected chi connectivity index (χ0v) is 18.5. The summed E-state index contributed by atoms with van der Waals surface area (Å²) < 4.78 is 13.3. The summed E-state index contributed by atoms with van der Waals surface area (Å²) in [4.78, 5) is 0.909. The van der Waals surface area contributed by atoms with Crippen LogP contribution in [0.25, 0.3) is 5.57 Å². The molecule has 0 saturated carbocycles. The van der Waals surface area contributed by atoms with E-state index in [0.717, 1.165) is 40.9 Å². The summed E-state index contributed by atoms with van der Waals surface area (Å²) >= 11 is 0. The van der Waals surface area contributed by atoms with Crippen molar-refractivity contribution in [2.75, 3.05) is 0 Å². The maximum absolute atomic E-state index is 13.3. The Labute approximate surface area is 182 Å². The predicted octanol–water partition coefficient (Wildman–Crippen LogP) is 6.44. The first-order valence-corrected chi connectivity index (χ1v) is 11.7. The van der Waals surface area contributed by atoms with Gasteiger partial charge in [-0.15, -0.1) is 0 Å². The monoisotopic (exact) mass is 413 g/mol. The van der Waals surface area contributed by atoms with Crippen LogP contribution >= 0.6 is 0 Å². The Morgan fingerprint density at radius 2 is 2.03 bits per heavy atom.